The summed E-state index contributed by atoms with van der Waals surface area (Å²) in [7, 11) is 0. The zero-order chi connectivity index (χ0) is 16.9. The molecule has 2 aromatic heterocycles. The Morgan fingerprint density at radius 2 is 2.29 bits per heavy atom. The number of hydrogen-bond acceptors (Lipinski definition) is 6. The van der Waals surface area contributed by atoms with E-state index < -0.39 is 0 Å². The van der Waals surface area contributed by atoms with Crippen LogP contribution in [0.15, 0.2) is 23.1 Å². The van der Waals surface area contributed by atoms with E-state index in [1.54, 1.807) is 12.5 Å². The molecule has 1 atom stereocenters. The molecule has 1 fully saturated rings. The molecule has 1 saturated heterocycles. The standard InChI is InChI=1S/C17H22N4O3/c1-12-16(13(2)24-20-12)8-17(22)21-5-6-23-10-14(9-21)7-15-3-4-18-11-19-15/h3-4,11,14H,5-10H2,1-2H3/t14-/m1/s1. The van der Waals surface area contributed by atoms with Crippen molar-refractivity contribution in [2.45, 2.75) is 26.7 Å². The summed E-state index contributed by atoms with van der Waals surface area (Å²) < 4.78 is 10.8. The number of carbonyl (C=O) groups excluding carboxylic acids is 1. The van der Waals surface area contributed by atoms with Gasteiger partial charge >= 0.3 is 0 Å². The van der Waals surface area contributed by atoms with Crippen LogP contribution in [-0.4, -0.2) is 52.2 Å². The molecule has 0 unspecified atom stereocenters. The van der Waals surface area contributed by atoms with Gasteiger partial charge in [0.15, 0.2) is 0 Å². The molecule has 128 valence electrons. The van der Waals surface area contributed by atoms with Crippen molar-refractivity contribution in [3.63, 3.8) is 0 Å². The van der Waals surface area contributed by atoms with E-state index in [9.17, 15) is 4.79 Å². The lowest BCUT2D eigenvalue weighted by Gasteiger charge is -2.23. The van der Waals surface area contributed by atoms with E-state index >= 15 is 0 Å². The molecule has 24 heavy (non-hydrogen) atoms. The van der Waals surface area contributed by atoms with E-state index in [0.717, 1.165) is 23.4 Å². The third-order valence-electron chi connectivity index (χ3n) is 4.34. The molecule has 2 aromatic rings. The van der Waals surface area contributed by atoms with Crippen LogP contribution in [0.3, 0.4) is 0 Å². The summed E-state index contributed by atoms with van der Waals surface area (Å²) >= 11 is 0. The molecule has 1 aliphatic rings. The predicted octanol–water partition coefficient (Wildman–Crippen LogP) is 1.34. The molecule has 0 N–H and O–H groups in total. The summed E-state index contributed by atoms with van der Waals surface area (Å²) in [6.45, 7) is 6.19. The van der Waals surface area contributed by atoms with Crippen molar-refractivity contribution >= 4 is 5.91 Å². The molecule has 0 saturated carbocycles. The molecule has 0 aliphatic carbocycles. The SMILES string of the molecule is Cc1noc(C)c1CC(=O)N1CCOC[C@H](Cc2ccncn2)C1. The summed E-state index contributed by atoms with van der Waals surface area (Å²) in [4.78, 5) is 22.8. The molecule has 0 radical (unpaired) electrons. The Labute approximate surface area is 141 Å². The van der Waals surface area contributed by atoms with Crippen LogP contribution in [0.1, 0.15) is 22.7 Å². The quantitative estimate of drug-likeness (QED) is 0.841. The molecule has 7 nitrogen and oxygen atoms in total. The minimum absolute atomic E-state index is 0.0857. The maximum Gasteiger partial charge on any atom is 0.227 e. The van der Waals surface area contributed by atoms with Gasteiger partial charge in [0.05, 0.1) is 25.3 Å². The third kappa shape index (κ3) is 3.97. The molecular formula is C17H22N4O3. The molecule has 0 aromatic carbocycles. The zero-order valence-corrected chi connectivity index (χ0v) is 14.1. The number of aryl methyl sites for hydroxylation is 2. The lowest BCUT2D eigenvalue weighted by Crippen LogP contribution is -2.37. The van der Waals surface area contributed by atoms with Crippen LogP contribution in [0.2, 0.25) is 0 Å². The van der Waals surface area contributed by atoms with Gasteiger partial charge in [0.1, 0.15) is 12.1 Å². The number of amides is 1. The Morgan fingerprint density at radius 1 is 1.42 bits per heavy atom. The highest BCUT2D eigenvalue weighted by molar-refractivity contribution is 5.79. The van der Waals surface area contributed by atoms with Crippen LogP contribution >= 0.6 is 0 Å². The normalized spacial score (nSPS) is 18.4. The van der Waals surface area contributed by atoms with Gasteiger partial charge in [0.2, 0.25) is 5.91 Å². The molecule has 0 spiro atoms. The number of hydrogen-bond donors (Lipinski definition) is 0. The first-order valence-corrected chi connectivity index (χ1v) is 8.15. The van der Waals surface area contributed by atoms with Crippen molar-refractivity contribution < 1.29 is 14.1 Å². The first-order valence-electron chi connectivity index (χ1n) is 8.15. The second-order valence-electron chi connectivity index (χ2n) is 6.17. The van der Waals surface area contributed by atoms with Crippen molar-refractivity contribution in [2.24, 2.45) is 5.92 Å². The maximum atomic E-state index is 12.7. The highest BCUT2D eigenvalue weighted by Gasteiger charge is 2.24. The van der Waals surface area contributed by atoms with Crippen molar-refractivity contribution in [2.75, 3.05) is 26.3 Å². The second kappa shape index (κ2) is 7.53. The average molecular weight is 330 g/mol. The summed E-state index contributed by atoms with van der Waals surface area (Å²) in [5.74, 6) is 1.03. The minimum Gasteiger partial charge on any atom is -0.379 e. The molecule has 7 heteroatoms. The fraction of sp³-hybridized carbons (Fsp3) is 0.529. The summed E-state index contributed by atoms with van der Waals surface area (Å²) in [6.07, 6.45) is 4.38. The fourth-order valence-electron chi connectivity index (χ4n) is 2.98. The molecule has 1 amide bonds. The Balaban J connectivity index is 1.65. The van der Waals surface area contributed by atoms with Crippen LogP contribution in [0.5, 0.6) is 0 Å². The van der Waals surface area contributed by atoms with Gasteiger partial charge in [-0.15, -0.1) is 0 Å². The van der Waals surface area contributed by atoms with E-state index in [1.165, 1.54) is 0 Å². The van der Waals surface area contributed by atoms with E-state index in [1.807, 2.05) is 24.8 Å². The van der Waals surface area contributed by atoms with E-state index in [2.05, 4.69) is 15.1 Å². The van der Waals surface area contributed by atoms with Gasteiger partial charge in [-0.3, -0.25) is 4.79 Å². The summed E-state index contributed by atoms with van der Waals surface area (Å²) in [5.41, 5.74) is 2.64. The van der Waals surface area contributed by atoms with Crippen LogP contribution in [0.4, 0.5) is 0 Å². The lowest BCUT2D eigenvalue weighted by molar-refractivity contribution is -0.130. The third-order valence-corrected chi connectivity index (χ3v) is 4.34. The predicted molar refractivity (Wildman–Crippen MR) is 86.3 cm³/mol. The number of nitrogens with zero attached hydrogens (tertiary/aromatic N) is 4. The molecular weight excluding hydrogens is 308 g/mol. The average Bonchev–Trinajstić information content (AvgIpc) is 2.79. The topological polar surface area (TPSA) is 81.4 Å². The van der Waals surface area contributed by atoms with E-state index in [4.69, 9.17) is 9.26 Å². The lowest BCUT2D eigenvalue weighted by atomic mass is 10.0. The first kappa shape index (κ1) is 16.6. The molecule has 1 aliphatic heterocycles. The van der Waals surface area contributed by atoms with Gasteiger partial charge in [-0.25, -0.2) is 9.97 Å². The highest BCUT2D eigenvalue weighted by atomic mass is 16.5. The molecule has 3 rings (SSSR count). The maximum absolute atomic E-state index is 12.7. The van der Waals surface area contributed by atoms with Gasteiger partial charge in [-0.2, -0.15) is 0 Å². The largest absolute Gasteiger partial charge is 0.379 e. The first-order chi connectivity index (χ1) is 11.6. The van der Waals surface area contributed by atoms with Crippen molar-refractivity contribution in [3.05, 3.63) is 41.3 Å². The number of carbonyl (C=O) groups is 1. The molecule has 3 heterocycles. The van der Waals surface area contributed by atoms with Gasteiger partial charge < -0.3 is 14.2 Å². The second-order valence-corrected chi connectivity index (χ2v) is 6.17. The smallest absolute Gasteiger partial charge is 0.227 e. The van der Waals surface area contributed by atoms with Gasteiger partial charge in [0.25, 0.3) is 0 Å². The van der Waals surface area contributed by atoms with Crippen LogP contribution in [0, 0.1) is 19.8 Å². The highest BCUT2D eigenvalue weighted by Crippen LogP contribution is 2.17. The summed E-state index contributed by atoms with van der Waals surface area (Å²) in [6, 6.07) is 1.90. The molecule has 0 bridgehead atoms. The number of rotatable bonds is 4. The number of aromatic nitrogens is 3. The Hall–Kier alpha value is -2.28. The summed E-state index contributed by atoms with van der Waals surface area (Å²) in [5, 5.41) is 3.92. The zero-order valence-electron chi connectivity index (χ0n) is 14.1. The van der Waals surface area contributed by atoms with Gasteiger partial charge in [-0.1, -0.05) is 5.16 Å². The Kier molecular flexibility index (Phi) is 5.20. The Morgan fingerprint density at radius 3 is 3.00 bits per heavy atom. The van der Waals surface area contributed by atoms with Crippen LogP contribution < -0.4 is 0 Å². The van der Waals surface area contributed by atoms with Crippen molar-refractivity contribution in [1.29, 1.82) is 0 Å². The van der Waals surface area contributed by atoms with Crippen molar-refractivity contribution in [3.8, 4) is 0 Å². The van der Waals surface area contributed by atoms with Crippen LogP contribution in [0.25, 0.3) is 0 Å². The number of ether oxygens (including phenoxy) is 1. The van der Waals surface area contributed by atoms with E-state index in [0.29, 0.717) is 38.5 Å². The minimum atomic E-state index is 0.0857. The van der Waals surface area contributed by atoms with Gasteiger partial charge in [-0.05, 0) is 26.3 Å². The van der Waals surface area contributed by atoms with Crippen LogP contribution in [-0.2, 0) is 22.4 Å². The van der Waals surface area contributed by atoms with E-state index in [-0.39, 0.29) is 11.8 Å². The van der Waals surface area contributed by atoms with Crippen molar-refractivity contribution in [1.82, 2.24) is 20.0 Å². The monoisotopic (exact) mass is 330 g/mol. The Bertz CT molecular complexity index is 667. The van der Waals surface area contributed by atoms with Gasteiger partial charge in [0, 0.05) is 36.5 Å². The fourth-order valence-corrected chi connectivity index (χ4v) is 2.98.